The molecule has 49 heavy (non-hydrogen) atoms. The first kappa shape index (κ1) is 35.2. The lowest BCUT2D eigenvalue weighted by Crippen LogP contribution is -2.45. The SMILES string of the molecule is CCOc1cc(C2C3=C(CC(C)(C)CC3=O)N(CCc3ccccc3)C3=C2C(=O)CC(C)(C)C3)cc(Cl)c1OS(=O)(=O)c1ccc(Cl)cc1. The van der Waals surface area contributed by atoms with Crippen molar-refractivity contribution in [2.24, 2.45) is 10.8 Å². The molecular weight excluding hydrogens is 681 g/mol. The summed E-state index contributed by atoms with van der Waals surface area (Å²) in [7, 11) is -4.31. The van der Waals surface area contributed by atoms with Gasteiger partial charge in [-0.1, -0.05) is 81.2 Å². The second kappa shape index (κ2) is 13.3. The Labute approximate surface area is 299 Å². The van der Waals surface area contributed by atoms with Gasteiger partial charge in [0.15, 0.2) is 17.3 Å². The smallest absolute Gasteiger partial charge is 0.339 e. The largest absolute Gasteiger partial charge is 0.490 e. The fraction of sp³-hybridized carbons (Fsp3) is 0.385. The van der Waals surface area contributed by atoms with Crippen LogP contribution in [0.15, 0.2) is 94.2 Å². The molecule has 258 valence electrons. The molecule has 1 aliphatic heterocycles. The monoisotopic (exact) mass is 721 g/mol. The molecule has 2 aliphatic carbocycles. The fourth-order valence-electron chi connectivity index (χ4n) is 7.39. The quantitative estimate of drug-likeness (QED) is 0.204. The Hall–Kier alpha value is -3.59. The Balaban J connectivity index is 1.51. The molecule has 0 aromatic heterocycles. The minimum absolute atomic E-state index is 0.00938. The van der Waals surface area contributed by atoms with Crippen molar-refractivity contribution in [1.82, 2.24) is 4.90 Å². The second-order valence-corrected chi connectivity index (χ2v) is 17.1. The molecule has 7 nitrogen and oxygen atoms in total. The van der Waals surface area contributed by atoms with E-state index in [9.17, 15) is 18.0 Å². The van der Waals surface area contributed by atoms with Crippen molar-refractivity contribution < 1.29 is 26.9 Å². The first-order valence-electron chi connectivity index (χ1n) is 16.6. The number of halogens is 2. The molecule has 0 spiro atoms. The zero-order valence-corrected chi connectivity index (χ0v) is 30.8. The van der Waals surface area contributed by atoms with Gasteiger partial charge in [0, 0.05) is 52.9 Å². The van der Waals surface area contributed by atoms with Crippen molar-refractivity contribution >= 4 is 44.9 Å². The van der Waals surface area contributed by atoms with Crippen LogP contribution >= 0.6 is 23.2 Å². The van der Waals surface area contributed by atoms with Gasteiger partial charge in [0.2, 0.25) is 5.75 Å². The van der Waals surface area contributed by atoms with Gasteiger partial charge < -0.3 is 13.8 Å². The highest BCUT2D eigenvalue weighted by Gasteiger charge is 2.49. The summed E-state index contributed by atoms with van der Waals surface area (Å²) in [4.78, 5) is 30.7. The first-order chi connectivity index (χ1) is 23.1. The summed E-state index contributed by atoms with van der Waals surface area (Å²) in [5, 5.41) is 0.368. The highest BCUT2D eigenvalue weighted by molar-refractivity contribution is 7.87. The third kappa shape index (κ3) is 7.19. The van der Waals surface area contributed by atoms with Crippen molar-refractivity contribution in [2.75, 3.05) is 13.2 Å². The first-order valence-corrected chi connectivity index (χ1v) is 18.8. The summed E-state index contributed by atoms with van der Waals surface area (Å²) >= 11 is 12.8. The van der Waals surface area contributed by atoms with Gasteiger partial charge in [-0.05, 0) is 84.5 Å². The van der Waals surface area contributed by atoms with Crippen molar-refractivity contribution in [3.63, 3.8) is 0 Å². The molecular formula is C39H41Cl2NO6S. The summed E-state index contributed by atoms with van der Waals surface area (Å²) in [5.41, 5.74) is 4.26. The normalized spacial score (nSPS) is 19.1. The molecule has 3 aromatic rings. The van der Waals surface area contributed by atoms with Crippen molar-refractivity contribution in [2.45, 2.75) is 77.5 Å². The Morgan fingerprint density at radius 2 is 1.39 bits per heavy atom. The van der Waals surface area contributed by atoms with Crippen LogP contribution in [0.25, 0.3) is 0 Å². The number of allylic oxidation sites excluding steroid dienone is 4. The van der Waals surface area contributed by atoms with Crippen molar-refractivity contribution in [3.8, 4) is 11.5 Å². The van der Waals surface area contributed by atoms with Crippen molar-refractivity contribution in [3.05, 3.63) is 110 Å². The lowest BCUT2D eigenvalue weighted by Gasteiger charge is -2.49. The van der Waals surface area contributed by atoms with Crippen LogP contribution in [0.3, 0.4) is 0 Å². The fourth-order valence-corrected chi connectivity index (χ4v) is 8.78. The second-order valence-electron chi connectivity index (χ2n) is 14.7. The van der Waals surface area contributed by atoms with Crippen molar-refractivity contribution in [1.29, 1.82) is 0 Å². The number of benzene rings is 3. The number of hydrogen-bond donors (Lipinski definition) is 0. The Morgan fingerprint density at radius 3 is 1.94 bits per heavy atom. The highest BCUT2D eigenvalue weighted by atomic mass is 35.5. The molecule has 3 aliphatic rings. The maximum atomic E-state index is 14.3. The van der Waals surface area contributed by atoms with Crippen LogP contribution in [0, 0.1) is 10.8 Å². The number of Topliss-reactive ketones (excluding diaryl/α,β-unsaturated/α-hetero) is 2. The van der Waals surface area contributed by atoms with E-state index in [0.29, 0.717) is 54.0 Å². The molecule has 0 amide bonds. The number of rotatable bonds is 9. The van der Waals surface area contributed by atoms with Crippen LogP contribution < -0.4 is 8.92 Å². The molecule has 0 radical (unpaired) electrons. The zero-order valence-electron chi connectivity index (χ0n) is 28.4. The number of hydrogen-bond acceptors (Lipinski definition) is 7. The van der Waals surface area contributed by atoms with Gasteiger partial charge in [-0.2, -0.15) is 8.42 Å². The number of ether oxygens (including phenoxy) is 1. The molecule has 1 heterocycles. The summed E-state index contributed by atoms with van der Waals surface area (Å²) in [6.07, 6.45) is 2.75. The highest BCUT2D eigenvalue weighted by Crippen LogP contribution is 2.55. The lowest BCUT2D eigenvalue weighted by atomic mass is 9.63. The van der Waals surface area contributed by atoms with Gasteiger partial charge in [0.05, 0.1) is 11.6 Å². The summed E-state index contributed by atoms with van der Waals surface area (Å²) in [5.74, 6) is -0.776. The van der Waals surface area contributed by atoms with Crippen LogP contribution in [0.2, 0.25) is 10.0 Å². The number of carbonyl (C=O) groups excluding carboxylic acids is 2. The Morgan fingerprint density at radius 1 is 0.816 bits per heavy atom. The minimum Gasteiger partial charge on any atom is -0.490 e. The molecule has 0 saturated carbocycles. The maximum Gasteiger partial charge on any atom is 0.339 e. The molecule has 0 atom stereocenters. The molecule has 6 rings (SSSR count). The van der Waals surface area contributed by atoms with Gasteiger partial charge in [-0.25, -0.2) is 0 Å². The van der Waals surface area contributed by atoms with Gasteiger partial charge in [-0.15, -0.1) is 0 Å². The molecule has 0 bridgehead atoms. The summed E-state index contributed by atoms with van der Waals surface area (Å²) < 4.78 is 38.1. The minimum atomic E-state index is -4.31. The van der Waals surface area contributed by atoms with E-state index in [4.69, 9.17) is 32.1 Å². The van der Waals surface area contributed by atoms with Gasteiger partial charge in [0.1, 0.15) is 4.90 Å². The van der Waals surface area contributed by atoms with E-state index in [2.05, 4.69) is 44.7 Å². The average molecular weight is 723 g/mol. The average Bonchev–Trinajstić information content (AvgIpc) is 3.01. The number of ketones is 2. The molecule has 0 unspecified atom stereocenters. The third-order valence-corrected chi connectivity index (χ3v) is 11.2. The van der Waals surface area contributed by atoms with E-state index in [1.165, 1.54) is 29.8 Å². The predicted molar refractivity (Wildman–Crippen MR) is 192 cm³/mol. The Bertz CT molecular complexity index is 1930. The molecule has 0 fully saturated rings. The van der Waals surface area contributed by atoms with E-state index in [1.54, 1.807) is 19.1 Å². The van der Waals surface area contributed by atoms with Gasteiger partial charge >= 0.3 is 10.1 Å². The maximum absolute atomic E-state index is 14.3. The predicted octanol–water partition coefficient (Wildman–Crippen LogP) is 9.09. The standard InChI is InChI=1S/C39H41Cl2NO6S/c1-6-47-33-19-25(18-28(41)37(33)48-49(45,46)27-14-12-26(40)13-15-27)34-35-29(20-38(2,3)22-31(35)43)42(17-16-24-10-8-7-9-11-24)30-21-39(4,5)23-32(44)36(30)34/h7-15,18-19,34H,6,16-17,20-23H2,1-5H3. The van der Waals surface area contributed by atoms with E-state index in [1.807, 2.05) is 18.2 Å². The zero-order chi connectivity index (χ0) is 35.3. The summed E-state index contributed by atoms with van der Waals surface area (Å²) in [6, 6.07) is 19.1. The van der Waals surface area contributed by atoms with Crippen LogP contribution in [-0.2, 0) is 26.1 Å². The molecule has 0 saturated heterocycles. The molecule has 3 aromatic carbocycles. The van der Waals surface area contributed by atoms with E-state index in [0.717, 1.165) is 17.8 Å². The van der Waals surface area contributed by atoms with E-state index < -0.39 is 16.0 Å². The van der Waals surface area contributed by atoms with Crippen LogP contribution in [0.1, 0.15) is 77.3 Å². The van der Waals surface area contributed by atoms with Crippen LogP contribution in [-0.4, -0.2) is 38.0 Å². The van der Waals surface area contributed by atoms with E-state index in [-0.39, 0.29) is 50.4 Å². The summed E-state index contributed by atoms with van der Waals surface area (Å²) in [6.45, 7) is 11.0. The molecule has 10 heteroatoms. The van der Waals surface area contributed by atoms with E-state index >= 15 is 0 Å². The number of nitrogens with zero attached hydrogens (tertiary/aromatic N) is 1. The number of carbonyl (C=O) groups is 2. The topological polar surface area (TPSA) is 90.0 Å². The molecule has 0 N–H and O–H groups in total. The lowest BCUT2D eigenvalue weighted by molar-refractivity contribution is -0.119. The van der Waals surface area contributed by atoms with Crippen LogP contribution in [0.5, 0.6) is 11.5 Å². The third-order valence-electron chi connectivity index (χ3n) is 9.45. The van der Waals surface area contributed by atoms with Gasteiger partial charge in [-0.3, -0.25) is 9.59 Å². The Kier molecular flexibility index (Phi) is 9.55. The van der Waals surface area contributed by atoms with Crippen LogP contribution in [0.4, 0.5) is 0 Å². The van der Waals surface area contributed by atoms with Gasteiger partial charge in [0.25, 0.3) is 0 Å².